The van der Waals surface area contributed by atoms with Gasteiger partial charge in [0.15, 0.2) is 5.82 Å². The highest BCUT2D eigenvalue weighted by molar-refractivity contribution is 6.36. The lowest BCUT2D eigenvalue weighted by atomic mass is 10.1. The predicted molar refractivity (Wildman–Crippen MR) is 74.9 cm³/mol. The van der Waals surface area contributed by atoms with Crippen LogP contribution in [-0.4, -0.2) is 31.3 Å². The van der Waals surface area contributed by atoms with E-state index in [-0.39, 0.29) is 12.5 Å². The fourth-order valence-corrected chi connectivity index (χ4v) is 2.39. The molecular weight excluding hydrogens is 303 g/mol. The van der Waals surface area contributed by atoms with Crippen LogP contribution < -0.4 is 0 Å². The van der Waals surface area contributed by atoms with E-state index in [4.69, 9.17) is 28.3 Å². The molecule has 1 heterocycles. The largest absolute Gasteiger partial charge is 0.481 e. The number of aliphatic carboxylic acids is 1. The summed E-state index contributed by atoms with van der Waals surface area (Å²) in [5, 5.41) is 21.3. The molecular formula is C12H12Cl2N4O2. The number of nitrogens with zero attached hydrogens (tertiary/aromatic N) is 4. The van der Waals surface area contributed by atoms with E-state index in [1.165, 1.54) is 4.68 Å². The zero-order valence-electron chi connectivity index (χ0n) is 10.6. The van der Waals surface area contributed by atoms with Crippen molar-refractivity contribution in [3.8, 4) is 11.4 Å². The van der Waals surface area contributed by atoms with Gasteiger partial charge in [-0.05, 0) is 35.0 Å². The van der Waals surface area contributed by atoms with Crippen molar-refractivity contribution in [3.63, 3.8) is 0 Å². The molecule has 0 fully saturated rings. The van der Waals surface area contributed by atoms with Crippen molar-refractivity contribution in [2.45, 2.75) is 25.8 Å². The first-order chi connectivity index (χ1) is 9.52. The summed E-state index contributed by atoms with van der Waals surface area (Å²) < 4.78 is 1.49. The van der Waals surface area contributed by atoms with Gasteiger partial charge < -0.3 is 5.11 Å². The minimum atomic E-state index is -0.902. The highest BCUT2D eigenvalue weighted by Gasteiger charge is 2.21. The van der Waals surface area contributed by atoms with Crippen LogP contribution in [0.25, 0.3) is 11.4 Å². The minimum Gasteiger partial charge on any atom is -0.481 e. The molecule has 2 rings (SSSR count). The molecule has 0 aliphatic carbocycles. The molecule has 20 heavy (non-hydrogen) atoms. The molecule has 1 aromatic carbocycles. The van der Waals surface area contributed by atoms with Crippen molar-refractivity contribution in [3.05, 3.63) is 28.2 Å². The molecule has 1 aromatic heterocycles. The third-order valence-electron chi connectivity index (χ3n) is 2.89. The first-order valence-corrected chi connectivity index (χ1v) is 6.73. The van der Waals surface area contributed by atoms with Gasteiger partial charge in [-0.15, -0.1) is 5.10 Å². The highest BCUT2D eigenvalue weighted by Crippen LogP contribution is 2.30. The van der Waals surface area contributed by atoms with Crippen LogP contribution in [0, 0.1) is 0 Å². The molecule has 8 heteroatoms. The van der Waals surface area contributed by atoms with Crippen molar-refractivity contribution < 1.29 is 9.90 Å². The van der Waals surface area contributed by atoms with Crippen LogP contribution in [0.3, 0.4) is 0 Å². The monoisotopic (exact) mass is 314 g/mol. The van der Waals surface area contributed by atoms with Gasteiger partial charge in [0.1, 0.15) is 0 Å². The van der Waals surface area contributed by atoms with Crippen LogP contribution in [0.5, 0.6) is 0 Å². The number of tetrazole rings is 1. The van der Waals surface area contributed by atoms with Gasteiger partial charge in [-0.2, -0.15) is 0 Å². The van der Waals surface area contributed by atoms with Crippen molar-refractivity contribution >= 4 is 29.2 Å². The minimum absolute atomic E-state index is 0.0558. The molecule has 2 aromatic rings. The second kappa shape index (κ2) is 6.19. The highest BCUT2D eigenvalue weighted by atomic mass is 35.5. The number of rotatable bonds is 5. The fraction of sp³-hybridized carbons (Fsp3) is 0.333. The van der Waals surface area contributed by atoms with E-state index in [0.29, 0.717) is 27.9 Å². The summed E-state index contributed by atoms with van der Waals surface area (Å²) >= 11 is 12.0. The maximum atomic E-state index is 10.9. The molecule has 0 spiro atoms. The second-order valence-corrected chi connectivity index (χ2v) is 5.07. The first kappa shape index (κ1) is 14.7. The summed E-state index contributed by atoms with van der Waals surface area (Å²) in [6.45, 7) is 1.88. The van der Waals surface area contributed by atoms with Gasteiger partial charge >= 0.3 is 5.97 Å². The lowest BCUT2D eigenvalue weighted by molar-refractivity contribution is -0.138. The Morgan fingerprint density at radius 1 is 1.45 bits per heavy atom. The van der Waals surface area contributed by atoms with Gasteiger partial charge in [-0.25, -0.2) is 4.68 Å². The van der Waals surface area contributed by atoms with Crippen molar-refractivity contribution in [2.75, 3.05) is 0 Å². The van der Waals surface area contributed by atoms with Gasteiger partial charge in [0, 0.05) is 10.6 Å². The quantitative estimate of drug-likeness (QED) is 0.917. The summed E-state index contributed by atoms with van der Waals surface area (Å²) in [6.07, 6.45) is 0.537. The summed E-state index contributed by atoms with van der Waals surface area (Å²) in [6, 6.07) is 4.65. The van der Waals surface area contributed by atoms with Gasteiger partial charge in [0.25, 0.3) is 0 Å². The molecule has 0 saturated heterocycles. The van der Waals surface area contributed by atoms with Crippen LogP contribution >= 0.6 is 23.2 Å². The number of benzene rings is 1. The Bertz CT molecular complexity index is 630. The van der Waals surface area contributed by atoms with Crippen LogP contribution in [0.2, 0.25) is 10.0 Å². The Kier molecular flexibility index (Phi) is 4.57. The van der Waals surface area contributed by atoms with Crippen LogP contribution in [0.4, 0.5) is 0 Å². The molecule has 0 saturated carbocycles. The SMILES string of the molecule is CCC(CC(=O)O)n1nnnc1-c1ccc(Cl)cc1Cl. The zero-order chi connectivity index (χ0) is 14.7. The lowest BCUT2D eigenvalue weighted by Crippen LogP contribution is -2.15. The number of halogens is 2. The molecule has 1 N–H and O–H groups in total. The topological polar surface area (TPSA) is 80.9 Å². The van der Waals surface area contributed by atoms with E-state index < -0.39 is 5.97 Å². The van der Waals surface area contributed by atoms with Gasteiger partial charge in [0.2, 0.25) is 0 Å². The number of aromatic nitrogens is 4. The van der Waals surface area contributed by atoms with E-state index in [1.54, 1.807) is 18.2 Å². The Balaban J connectivity index is 2.43. The van der Waals surface area contributed by atoms with Crippen molar-refractivity contribution in [2.24, 2.45) is 0 Å². The molecule has 1 atom stereocenters. The number of hydrogen-bond acceptors (Lipinski definition) is 4. The normalized spacial score (nSPS) is 12.3. The number of carbonyl (C=O) groups is 1. The molecule has 1 unspecified atom stereocenters. The third-order valence-corrected chi connectivity index (χ3v) is 3.44. The molecule has 106 valence electrons. The summed E-state index contributed by atoms with van der Waals surface area (Å²) in [5.74, 6) is -0.472. The fourth-order valence-electron chi connectivity index (χ4n) is 1.89. The smallest absolute Gasteiger partial charge is 0.305 e. The summed E-state index contributed by atoms with van der Waals surface area (Å²) in [5.41, 5.74) is 0.616. The Morgan fingerprint density at radius 3 is 2.80 bits per heavy atom. The van der Waals surface area contributed by atoms with Crippen LogP contribution in [0.1, 0.15) is 25.8 Å². The Hall–Kier alpha value is -1.66. The van der Waals surface area contributed by atoms with E-state index in [1.807, 2.05) is 6.92 Å². The Morgan fingerprint density at radius 2 is 2.20 bits per heavy atom. The van der Waals surface area contributed by atoms with Crippen molar-refractivity contribution in [1.29, 1.82) is 0 Å². The number of hydrogen-bond donors (Lipinski definition) is 1. The summed E-state index contributed by atoms with van der Waals surface area (Å²) in [7, 11) is 0. The third kappa shape index (κ3) is 3.08. The van der Waals surface area contributed by atoms with Gasteiger partial charge in [0.05, 0.1) is 17.5 Å². The van der Waals surface area contributed by atoms with E-state index in [0.717, 1.165) is 0 Å². The van der Waals surface area contributed by atoms with Crippen LogP contribution in [0.15, 0.2) is 18.2 Å². The molecule has 0 aliphatic rings. The average molecular weight is 315 g/mol. The number of carboxylic acid groups (broad SMARTS) is 1. The standard InChI is InChI=1S/C12H12Cl2N4O2/c1-2-8(6-11(19)20)18-12(15-16-17-18)9-4-3-7(13)5-10(9)14/h3-5,8H,2,6H2,1H3,(H,19,20). The number of carboxylic acids is 1. The summed E-state index contributed by atoms with van der Waals surface area (Å²) in [4.78, 5) is 10.9. The maximum absolute atomic E-state index is 10.9. The molecule has 0 bridgehead atoms. The maximum Gasteiger partial charge on any atom is 0.305 e. The van der Waals surface area contributed by atoms with E-state index in [2.05, 4.69) is 15.5 Å². The predicted octanol–water partition coefficient (Wildman–Crippen LogP) is 3.07. The van der Waals surface area contributed by atoms with Gasteiger partial charge in [-0.1, -0.05) is 30.1 Å². The zero-order valence-corrected chi connectivity index (χ0v) is 12.1. The van der Waals surface area contributed by atoms with E-state index in [9.17, 15) is 4.79 Å². The molecule has 0 radical (unpaired) electrons. The second-order valence-electron chi connectivity index (χ2n) is 4.23. The Labute approximate surface area is 125 Å². The van der Waals surface area contributed by atoms with Gasteiger partial charge in [-0.3, -0.25) is 4.79 Å². The molecule has 6 nitrogen and oxygen atoms in total. The first-order valence-electron chi connectivity index (χ1n) is 5.98. The lowest BCUT2D eigenvalue weighted by Gasteiger charge is -2.14. The average Bonchev–Trinajstić information content (AvgIpc) is 2.84. The van der Waals surface area contributed by atoms with E-state index >= 15 is 0 Å². The molecule has 0 amide bonds. The van der Waals surface area contributed by atoms with Crippen molar-refractivity contribution in [1.82, 2.24) is 20.2 Å². The van der Waals surface area contributed by atoms with Crippen LogP contribution in [-0.2, 0) is 4.79 Å². The molecule has 0 aliphatic heterocycles.